The lowest BCUT2D eigenvalue weighted by Gasteiger charge is -2.28. The van der Waals surface area contributed by atoms with E-state index < -0.39 is 0 Å². The van der Waals surface area contributed by atoms with Crippen LogP contribution in [0.5, 0.6) is 0 Å². The predicted molar refractivity (Wildman–Crippen MR) is 73.0 cm³/mol. The lowest BCUT2D eigenvalue weighted by atomic mass is 9.91. The second-order valence-corrected chi connectivity index (χ2v) is 5.19. The van der Waals surface area contributed by atoms with Crippen LogP contribution in [0.4, 0.5) is 10.1 Å². The van der Waals surface area contributed by atoms with Crippen LogP contribution in [0.2, 0.25) is 0 Å². The lowest BCUT2D eigenvalue weighted by Crippen LogP contribution is -2.35. The van der Waals surface area contributed by atoms with Gasteiger partial charge < -0.3 is 11.1 Å². The molecule has 7 heteroatoms. The normalized spacial score (nSPS) is 22.7. The molecule has 0 bridgehead atoms. The minimum Gasteiger partial charge on any atom is -0.380 e. The molecule has 1 aromatic carbocycles. The minimum absolute atomic E-state index is 0.201. The Bertz CT molecular complexity index is 570. The zero-order chi connectivity index (χ0) is 13.9. The van der Waals surface area contributed by atoms with Crippen molar-refractivity contribution in [3.63, 3.8) is 0 Å². The van der Waals surface area contributed by atoms with Crippen molar-refractivity contribution in [2.24, 2.45) is 5.73 Å². The number of halogens is 1. The molecule has 6 nitrogen and oxygen atoms in total. The highest BCUT2D eigenvalue weighted by Gasteiger charge is 2.20. The maximum Gasteiger partial charge on any atom is 0.146 e. The van der Waals surface area contributed by atoms with Gasteiger partial charge in [-0.15, -0.1) is 5.10 Å². The Morgan fingerprint density at radius 2 is 2.25 bits per heavy atom. The summed E-state index contributed by atoms with van der Waals surface area (Å²) in [6.45, 7) is 0. The van der Waals surface area contributed by atoms with Crippen LogP contribution in [0.1, 0.15) is 25.7 Å². The standard InChI is InChI=1S/C13H17FN6/c14-12-5-4-11(20-8-16-18-19-20)7-13(12)17-10-3-1-2-9(15)6-10/h4-5,7-10,17H,1-3,6,15H2. The number of anilines is 1. The van der Waals surface area contributed by atoms with E-state index in [-0.39, 0.29) is 17.9 Å². The number of benzene rings is 1. The van der Waals surface area contributed by atoms with Crippen LogP contribution >= 0.6 is 0 Å². The molecule has 2 unspecified atom stereocenters. The van der Waals surface area contributed by atoms with E-state index in [4.69, 9.17) is 5.73 Å². The number of aromatic nitrogens is 4. The SMILES string of the molecule is NC1CCCC(Nc2cc(-n3cnnn3)ccc2F)C1. The highest BCUT2D eigenvalue weighted by Crippen LogP contribution is 2.24. The van der Waals surface area contributed by atoms with E-state index in [0.29, 0.717) is 5.69 Å². The van der Waals surface area contributed by atoms with E-state index in [1.165, 1.54) is 17.1 Å². The van der Waals surface area contributed by atoms with Gasteiger partial charge in [0.25, 0.3) is 0 Å². The number of nitrogens with two attached hydrogens (primary N) is 1. The molecule has 3 rings (SSSR count). The van der Waals surface area contributed by atoms with Crippen molar-refractivity contribution >= 4 is 5.69 Å². The van der Waals surface area contributed by atoms with Crippen molar-refractivity contribution in [1.82, 2.24) is 20.2 Å². The average molecular weight is 276 g/mol. The molecule has 2 atom stereocenters. The summed E-state index contributed by atoms with van der Waals surface area (Å²) < 4.78 is 15.4. The Morgan fingerprint density at radius 3 is 3.00 bits per heavy atom. The first-order chi connectivity index (χ1) is 9.72. The van der Waals surface area contributed by atoms with E-state index in [9.17, 15) is 4.39 Å². The van der Waals surface area contributed by atoms with Crippen LogP contribution in [-0.2, 0) is 0 Å². The zero-order valence-corrected chi connectivity index (χ0v) is 11.0. The Hall–Kier alpha value is -2.02. The summed E-state index contributed by atoms with van der Waals surface area (Å²) >= 11 is 0. The van der Waals surface area contributed by atoms with Gasteiger partial charge in [0.2, 0.25) is 0 Å². The van der Waals surface area contributed by atoms with Gasteiger partial charge in [0.15, 0.2) is 0 Å². The van der Waals surface area contributed by atoms with Crippen molar-refractivity contribution in [2.75, 3.05) is 5.32 Å². The zero-order valence-electron chi connectivity index (χ0n) is 11.0. The lowest BCUT2D eigenvalue weighted by molar-refractivity contribution is 0.408. The van der Waals surface area contributed by atoms with Gasteiger partial charge in [-0.1, -0.05) is 0 Å². The number of nitrogens with zero attached hydrogens (tertiary/aromatic N) is 4. The molecule has 1 aromatic heterocycles. The second kappa shape index (κ2) is 5.54. The fraction of sp³-hybridized carbons (Fsp3) is 0.462. The molecule has 0 saturated heterocycles. The van der Waals surface area contributed by atoms with Crippen LogP contribution in [0.3, 0.4) is 0 Å². The van der Waals surface area contributed by atoms with Crippen molar-refractivity contribution in [2.45, 2.75) is 37.8 Å². The molecule has 1 saturated carbocycles. The molecule has 1 heterocycles. The third kappa shape index (κ3) is 2.77. The summed E-state index contributed by atoms with van der Waals surface area (Å²) in [5.74, 6) is -0.277. The van der Waals surface area contributed by atoms with Crippen molar-refractivity contribution in [1.29, 1.82) is 0 Å². The molecule has 0 amide bonds. The molecular formula is C13H17FN6. The van der Waals surface area contributed by atoms with Crippen LogP contribution in [0, 0.1) is 5.82 Å². The van der Waals surface area contributed by atoms with E-state index >= 15 is 0 Å². The maximum absolute atomic E-state index is 13.9. The molecule has 20 heavy (non-hydrogen) atoms. The molecule has 1 aliphatic carbocycles. The van der Waals surface area contributed by atoms with Gasteiger partial charge >= 0.3 is 0 Å². The quantitative estimate of drug-likeness (QED) is 0.887. The first-order valence-electron chi connectivity index (χ1n) is 6.77. The topological polar surface area (TPSA) is 81.6 Å². The monoisotopic (exact) mass is 276 g/mol. The Balaban J connectivity index is 1.80. The summed E-state index contributed by atoms with van der Waals surface area (Å²) in [5.41, 5.74) is 7.15. The van der Waals surface area contributed by atoms with Crippen LogP contribution in [-0.4, -0.2) is 32.3 Å². The van der Waals surface area contributed by atoms with Gasteiger partial charge in [-0.2, -0.15) is 0 Å². The second-order valence-electron chi connectivity index (χ2n) is 5.19. The minimum atomic E-state index is -0.277. The highest BCUT2D eigenvalue weighted by molar-refractivity contribution is 5.52. The molecule has 2 aromatic rings. The Labute approximate surface area is 116 Å². The highest BCUT2D eigenvalue weighted by atomic mass is 19.1. The predicted octanol–water partition coefficient (Wildman–Crippen LogP) is 1.48. The van der Waals surface area contributed by atoms with Crippen LogP contribution < -0.4 is 11.1 Å². The fourth-order valence-electron chi connectivity index (χ4n) is 2.62. The molecule has 0 aliphatic heterocycles. The smallest absolute Gasteiger partial charge is 0.146 e. The van der Waals surface area contributed by atoms with E-state index in [1.807, 2.05) is 0 Å². The van der Waals surface area contributed by atoms with Crippen molar-refractivity contribution < 1.29 is 4.39 Å². The maximum atomic E-state index is 13.9. The Morgan fingerprint density at radius 1 is 1.35 bits per heavy atom. The summed E-state index contributed by atoms with van der Waals surface area (Å²) in [4.78, 5) is 0. The van der Waals surface area contributed by atoms with Gasteiger partial charge in [-0.3, -0.25) is 0 Å². The third-order valence-corrected chi connectivity index (χ3v) is 3.64. The van der Waals surface area contributed by atoms with Gasteiger partial charge in [-0.05, 0) is 54.3 Å². The molecule has 3 N–H and O–H groups in total. The Kier molecular flexibility index (Phi) is 3.60. The number of rotatable bonds is 3. The number of hydrogen-bond acceptors (Lipinski definition) is 5. The van der Waals surface area contributed by atoms with Crippen LogP contribution in [0.15, 0.2) is 24.5 Å². The van der Waals surface area contributed by atoms with Crippen molar-refractivity contribution in [3.8, 4) is 5.69 Å². The third-order valence-electron chi connectivity index (χ3n) is 3.64. The first-order valence-corrected chi connectivity index (χ1v) is 6.77. The van der Waals surface area contributed by atoms with Crippen molar-refractivity contribution in [3.05, 3.63) is 30.3 Å². The molecule has 1 fully saturated rings. The first kappa shape index (κ1) is 13.0. The van der Waals surface area contributed by atoms with Crippen LogP contribution in [0.25, 0.3) is 5.69 Å². The number of tetrazole rings is 1. The number of nitrogens with one attached hydrogen (secondary N) is 1. The summed E-state index contributed by atoms with van der Waals surface area (Å²) in [7, 11) is 0. The summed E-state index contributed by atoms with van der Waals surface area (Å²) in [6.07, 6.45) is 5.49. The molecule has 0 spiro atoms. The van der Waals surface area contributed by atoms with E-state index in [0.717, 1.165) is 31.4 Å². The summed E-state index contributed by atoms with van der Waals surface area (Å²) in [6, 6.07) is 5.20. The molecular weight excluding hydrogens is 259 g/mol. The van der Waals surface area contributed by atoms with E-state index in [1.54, 1.807) is 12.1 Å². The number of hydrogen-bond donors (Lipinski definition) is 2. The molecule has 1 aliphatic rings. The van der Waals surface area contributed by atoms with E-state index in [2.05, 4.69) is 20.8 Å². The average Bonchev–Trinajstić information content (AvgIpc) is 2.95. The summed E-state index contributed by atoms with van der Waals surface area (Å²) in [5, 5.41) is 14.2. The molecule has 106 valence electrons. The van der Waals surface area contributed by atoms with Gasteiger partial charge in [0.05, 0.1) is 11.4 Å². The van der Waals surface area contributed by atoms with Gasteiger partial charge in [0, 0.05) is 12.1 Å². The molecule has 0 radical (unpaired) electrons. The fourth-order valence-corrected chi connectivity index (χ4v) is 2.62. The van der Waals surface area contributed by atoms with Gasteiger partial charge in [-0.25, -0.2) is 9.07 Å². The van der Waals surface area contributed by atoms with Gasteiger partial charge in [0.1, 0.15) is 12.1 Å². The largest absolute Gasteiger partial charge is 0.380 e.